The van der Waals surface area contributed by atoms with Crippen molar-refractivity contribution in [1.29, 1.82) is 0 Å². The molecule has 0 radical (unpaired) electrons. The van der Waals surface area contributed by atoms with Gasteiger partial charge in [0.15, 0.2) is 11.6 Å². The zero-order chi connectivity index (χ0) is 11.4. The average molecular weight is 215 g/mol. The average Bonchev–Trinajstić information content (AvgIpc) is 2.19. The van der Waals surface area contributed by atoms with Gasteiger partial charge < -0.3 is 10.8 Å². The Morgan fingerprint density at radius 1 is 1.40 bits per heavy atom. The first-order chi connectivity index (χ1) is 7.07. The topological polar surface area (TPSA) is 46.2 Å². The third-order valence-electron chi connectivity index (χ3n) is 2.46. The summed E-state index contributed by atoms with van der Waals surface area (Å²) in [7, 11) is 0. The van der Waals surface area contributed by atoms with Crippen LogP contribution in [0.1, 0.15) is 24.8 Å². The molecule has 0 aliphatic rings. The molecule has 2 unspecified atom stereocenters. The Morgan fingerprint density at radius 2 is 2.07 bits per heavy atom. The lowest BCUT2D eigenvalue weighted by molar-refractivity contribution is 0.267. The maximum absolute atomic E-state index is 13.4. The molecule has 84 valence electrons. The molecule has 1 rings (SSSR count). The predicted octanol–water partition coefficient (Wildman–Crippen LogP) is 1.78. The van der Waals surface area contributed by atoms with Crippen LogP contribution in [0.15, 0.2) is 18.2 Å². The fraction of sp³-hybridized carbons (Fsp3) is 0.455. The normalized spacial score (nSPS) is 15.0. The van der Waals surface area contributed by atoms with E-state index in [1.54, 1.807) is 6.92 Å². The molecule has 1 aromatic rings. The highest BCUT2D eigenvalue weighted by Gasteiger charge is 2.20. The molecule has 15 heavy (non-hydrogen) atoms. The second-order valence-electron chi connectivity index (χ2n) is 3.62. The number of aliphatic hydroxyl groups excluding tert-OH is 1. The maximum atomic E-state index is 13.4. The first-order valence-corrected chi connectivity index (χ1v) is 4.88. The van der Waals surface area contributed by atoms with Crippen LogP contribution in [0.25, 0.3) is 0 Å². The lowest BCUT2D eigenvalue weighted by Crippen LogP contribution is -2.26. The van der Waals surface area contributed by atoms with Gasteiger partial charge in [0.1, 0.15) is 0 Å². The number of rotatable bonds is 4. The van der Waals surface area contributed by atoms with Gasteiger partial charge in [-0.05, 0) is 25.0 Å². The minimum Gasteiger partial charge on any atom is -0.396 e. The summed E-state index contributed by atoms with van der Waals surface area (Å²) >= 11 is 0. The Labute approximate surface area is 87.7 Å². The lowest BCUT2D eigenvalue weighted by atomic mass is 9.90. The summed E-state index contributed by atoms with van der Waals surface area (Å²) < 4.78 is 26.4. The highest BCUT2D eigenvalue weighted by atomic mass is 19.2. The van der Waals surface area contributed by atoms with Gasteiger partial charge in [-0.2, -0.15) is 0 Å². The molecular formula is C11H15F2NO. The molecule has 2 atom stereocenters. The minimum absolute atomic E-state index is 0.0951. The quantitative estimate of drug-likeness (QED) is 0.804. The van der Waals surface area contributed by atoms with Crippen LogP contribution in [-0.2, 0) is 0 Å². The van der Waals surface area contributed by atoms with Crippen molar-refractivity contribution in [3.63, 3.8) is 0 Å². The van der Waals surface area contributed by atoms with Gasteiger partial charge in [0.2, 0.25) is 0 Å². The number of hydrogen-bond acceptors (Lipinski definition) is 2. The summed E-state index contributed by atoms with van der Waals surface area (Å²) in [6.45, 7) is 1.62. The highest BCUT2D eigenvalue weighted by Crippen LogP contribution is 2.26. The summed E-state index contributed by atoms with van der Waals surface area (Å²) in [5.41, 5.74) is 5.91. The number of halogens is 2. The van der Waals surface area contributed by atoms with Crippen molar-refractivity contribution in [2.75, 3.05) is 6.61 Å². The first kappa shape index (κ1) is 12.1. The van der Waals surface area contributed by atoms with E-state index in [1.165, 1.54) is 12.1 Å². The predicted molar refractivity (Wildman–Crippen MR) is 54.5 cm³/mol. The Kier molecular flexibility index (Phi) is 4.17. The Bertz CT molecular complexity index is 328. The second-order valence-corrected chi connectivity index (χ2v) is 3.62. The second kappa shape index (κ2) is 5.19. The third-order valence-corrected chi connectivity index (χ3v) is 2.46. The van der Waals surface area contributed by atoms with E-state index in [2.05, 4.69) is 0 Å². The van der Waals surface area contributed by atoms with Gasteiger partial charge >= 0.3 is 0 Å². The van der Waals surface area contributed by atoms with Gasteiger partial charge in [0, 0.05) is 18.6 Å². The van der Waals surface area contributed by atoms with Crippen molar-refractivity contribution >= 4 is 0 Å². The number of nitrogens with two attached hydrogens (primary N) is 1. The van der Waals surface area contributed by atoms with Crippen LogP contribution in [-0.4, -0.2) is 17.8 Å². The standard InChI is InChI=1S/C11H15F2NO/c1-7(14)8(5-6-15)9-3-2-4-10(12)11(9)13/h2-4,7-8,15H,5-6,14H2,1H3. The number of benzene rings is 1. The van der Waals surface area contributed by atoms with Crippen LogP contribution < -0.4 is 5.73 Å². The van der Waals surface area contributed by atoms with Crippen LogP contribution >= 0.6 is 0 Å². The van der Waals surface area contributed by atoms with Gasteiger partial charge in [-0.15, -0.1) is 0 Å². The van der Waals surface area contributed by atoms with Crippen LogP contribution in [0.5, 0.6) is 0 Å². The fourth-order valence-electron chi connectivity index (χ4n) is 1.65. The molecule has 0 aromatic heterocycles. The summed E-state index contributed by atoms with van der Waals surface area (Å²) in [6, 6.07) is 3.69. The van der Waals surface area contributed by atoms with E-state index in [0.717, 1.165) is 6.07 Å². The SMILES string of the molecule is CC(N)C(CCO)c1cccc(F)c1F. The van der Waals surface area contributed by atoms with Gasteiger partial charge in [-0.25, -0.2) is 8.78 Å². The molecule has 0 saturated heterocycles. The molecule has 0 fully saturated rings. The summed E-state index contributed by atoms with van der Waals surface area (Å²) in [5.74, 6) is -2.10. The van der Waals surface area contributed by atoms with Gasteiger partial charge in [-0.1, -0.05) is 12.1 Å². The van der Waals surface area contributed by atoms with Crippen LogP contribution in [0.2, 0.25) is 0 Å². The third kappa shape index (κ3) is 2.73. The number of aliphatic hydroxyl groups is 1. The summed E-state index contributed by atoms with van der Waals surface area (Å²) in [4.78, 5) is 0. The van der Waals surface area contributed by atoms with Crippen molar-refractivity contribution in [3.8, 4) is 0 Å². The first-order valence-electron chi connectivity index (χ1n) is 4.88. The molecule has 0 amide bonds. The van der Waals surface area contributed by atoms with Gasteiger partial charge in [0.05, 0.1) is 0 Å². The zero-order valence-electron chi connectivity index (χ0n) is 8.58. The molecule has 0 heterocycles. The van der Waals surface area contributed by atoms with E-state index in [1.807, 2.05) is 0 Å². The Hall–Kier alpha value is -1.00. The van der Waals surface area contributed by atoms with Gasteiger partial charge in [0.25, 0.3) is 0 Å². The van der Waals surface area contributed by atoms with Crippen molar-refractivity contribution < 1.29 is 13.9 Å². The fourth-order valence-corrected chi connectivity index (χ4v) is 1.65. The molecule has 0 saturated carbocycles. The molecule has 0 spiro atoms. The molecule has 4 heteroatoms. The molecule has 0 aliphatic carbocycles. The van der Waals surface area contributed by atoms with Crippen molar-refractivity contribution in [1.82, 2.24) is 0 Å². The molecule has 3 N–H and O–H groups in total. The van der Waals surface area contributed by atoms with Crippen LogP contribution in [0, 0.1) is 11.6 Å². The molecule has 0 bridgehead atoms. The van der Waals surface area contributed by atoms with Crippen molar-refractivity contribution in [2.45, 2.75) is 25.3 Å². The lowest BCUT2D eigenvalue weighted by Gasteiger charge is -2.20. The number of hydrogen-bond donors (Lipinski definition) is 2. The molecule has 1 aromatic carbocycles. The largest absolute Gasteiger partial charge is 0.396 e. The van der Waals surface area contributed by atoms with Gasteiger partial charge in [-0.3, -0.25) is 0 Å². The Morgan fingerprint density at radius 3 is 2.60 bits per heavy atom. The van der Waals surface area contributed by atoms with E-state index in [9.17, 15) is 8.78 Å². The van der Waals surface area contributed by atoms with E-state index in [0.29, 0.717) is 6.42 Å². The summed E-state index contributed by atoms with van der Waals surface area (Å²) in [6.07, 6.45) is 0.331. The minimum atomic E-state index is -0.879. The smallest absolute Gasteiger partial charge is 0.162 e. The highest BCUT2D eigenvalue weighted by molar-refractivity contribution is 5.24. The molecule has 2 nitrogen and oxygen atoms in total. The molecule has 0 aliphatic heterocycles. The van der Waals surface area contributed by atoms with Crippen LogP contribution in [0.4, 0.5) is 8.78 Å². The zero-order valence-corrected chi connectivity index (χ0v) is 8.58. The van der Waals surface area contributed by atoms with E-state index in [-0.39, 0.29) is 24.1 Å². The van der Waals surface area contributed by atoms with Crippen molar-refractivity contribution in [3.05, 3.63) is 35.4 Å². The monoisotopic (exact) mass is 215 g/mol. The van der Waals surface area contributed by atoms with E-state index >= 15 is 0 Å². The summed E-state index contributed by atoms with van der Waals surface area (Å²) in [5, 5.41) is 8.84. The Balaban J connectivity index is 3.05. The maximum Gasteiger partial charge on any atom is 0.162 e. The van der Waals surface area contributed by atoms with Crippen LogP contribution in [0.3, 0.4) is 0 Å². The van der Waals surface area contributed by atoms with E-state index < -0.39 is 11.6 Å². The van der Waals surface area contributed by atoms with E-state index in [4.69, 9.17) is 10.8 Å². The molecular weight excluding hydrogens is 200 g/mol. The van der Waals surface area contributed by atoms with Crippen molar-refractivity contribution in [2.24, 2.45) is 5.73 Å².